The van der Waals surface area contributed by atoms with Gasteiger partial charge in [0.25, 0.3) is 0 Å². The molecule has 1 aromatic heterocycles. The minimum Gasteiger partial charge on any atom is -0.354 e. The highest BCUT2D eigenvalue weighted by Gasteiger charge is 2.31. The van der Waals surface area contributed by atoms with E-state index in [2.05, 4.69) is 15.4 Å². The summed E-state index contributed by atoms with van der Waals surface area (Å²) in [4.78, 5) is 14.5. The Bertz CT molecular complexity index is 1050. The van der Waals surface area contributed by atoms with Gasteiger partial charge in [-0.2, -0.15) is 4.31 Å². The Morgan fingerprint density at radius 3 is 2.43 bits per heavy atom. The number of benzene rings is 1. The molecule has 30 heavy (non-hydrogen) atoms. The topological polar surface area (TPSA) is 95.8 Å². The number of aromatic nitrogens is 1. The molecule has 9 heteroatoms. The van der Waals surface area contributed by atoms with E-state index in [0.717, 1.165) is 31.5 Å². The van der Waals surface area contributed by atoms with Crippen LogP contribution in [0.15, 0.2) is 33.7 Å². The van der Waals surface area contributed by atoms with Crippen LogP contribution in [0.4, 0.5) is 5.69 Å². The van der Waals surface area contributed by atoms with Crippen LogP contribution in [0.25, 0.3) is 12.2 Å². The van der Waals surface area contributed by atoms with Gasteiger partial charge in [0.15, 0.2) is 5.76 Å². The number of hydrogen-bond donors (Lipinski definition) is 1. The number of carbonyl (C=O) groups is 1. The van der Waals surface area contributed by atoms with Crippen LogP contribution < -0.4 is 5.32 Å². The number of aryl methyl sites for hydroxylation is 1. The smallest absolute Gasteiger partial charge is 0.243 e. The van der Waals surface area contributed by atoms with Crippen LogP contribution in [0.3, 0.4) is 0 Å². The molecule has 0 spiro atoms. The minimum atomic E-state index is -3.48. The number of nitrogens with one attached hydrogen (secondary N) is 1. The summed E-state index contributed by atoms with van der Waals surface area (Å²) in [5, 5.41) is 6.83. The van der Waals surface area contributed by atoms with Crippen molar-refractivity contribution in [2.45, 2.75) is 24.7 Å². The predicted octanol–water partition coefficient (Wildman–Crippen LogP) is 2.44. The number of sulfonamides is 1. The molecular weight excluding hydrogens is 404 g/mol. The second kappa shape index (κ2) is 8.33. The van der Waals surface area contributed by atoms with Crippen molar-refractivity contribution in [3.05, 3.63) is 41.3 Å². The molecule has 2 aromatic rings. The first-order valence-electron chi connectivity index (χ1n) is 10.1. The molecule has 0 radical (unpaired) electrons. The van der Waals surface area contributed by atoms with E-state index >= 15 is 0 Å². The normalized spacial score (nSPS) is 18.7. The molecule has 2 aliphatic rings. The maximum atomic E-state index is 12.8. The third-order valence-corrected chi connectivity index (χ3v) is 7.41. The fraction of sp³-hybridized carbons (Fsp3) is 0.429. The van der Waals surface area contributed by atoms with Crippen molar-refractivity contribution in [3.63, 3.8) is 0 Å². The van der Waals surface area contributed by atoms with Crippen LogP contribution in [0, 0.1) is 12.8 Å². The Morgan fingerprint density at radius 2 is 1.80 bits per heavy atom. The van der Waals surface area contributed by atoms with Gasteiger partial charge in [-0.25, -0.2) is 8.42 Å². The summed E-state index contributed by atoms with van der Waals surface area (Å²) < 4.78 is 32.5. The largest absolute Gasteiger partial charge is 0.354 e. The Kier molecular flexibility index (Phi) is 5.77. The average molecular weight is 431 g/mol. The Morgan fingerprint density at radius 1 is 1.13 bits per heavy atom. The second-order valence-corrected chi connectivity index (χ2v) is 9.82. The minimum absolute atomic E-state index is 0.00517. The number of anilines is 1. The van der Waals surface area contributed by atoms with Crippen molar-refractivity contribution in [1.29, 1.82) is 0 Å². The molecule has 1 saturated heterocycles. The molecule has 160 valence electrons. The van der Waals surface area contributed by atoms with E-state index in [1.54, 1.807) is 43.3 Å². The molecule has 8 nitrogen and oxygen atoms in total. The van der Waals surface area contributed by atoms with Crippen LogP contribution in [0.1, 0.15) is 29.9 Å². The lowest BCUT2D eigenvalue weighted by atomic mass is 10.2. The standard InChI is InChI=1S/C21H26N4O4S/c1-15-20(22-21(26)17-6-7-17)19(29-23-15)10-5-16-3-8-18(9-4-16)30(27,28)25-13-11-24(2)12-14-25/h3-5,8-10,17H,6-7,11-14H2,1-2H3,(H,22,26). The van der Waals surface area contributed by atoms with E-state index < -0.39 is 10.0 Å². The van der Waals surface area contributed by atoms with Gasteiger partial charge >= 0.3 is 0 Å². The lowest BCUT2D eigenvalue weighted by molar-refractivity contribution is -0.117. The van der Waals surface area contributed by atoms with Crippen LogP contribution in [0.2, 0.25) is 0 Å². The quantitative estimate of drug-likeness (QED) is 0.756. The Labute approximate surface area is 176 Å². The first kappa shape index (κ1) is 20.8. The van der Waals surface area contributed by atoms with Crippen LogP contribution in [0.5, 0.6) is 0 Å². The van der Waals surface area contributed by atoms with Crippen molar-refractivity contribution in [2.75, 3.05) is 38.5 Å². The summed E-state index contributed by atoms with van der Waals surface area (Å²) in [5.74, 6) is 0.552. The first-order chi connectivity index (χ1) is 14.3. The summed E-state index contributed by atoms with van der Waals surface area (Å²) in [6.45, 7) is 4.25. The molecule has 2 heterocycles. The van der Waals surface area contributed by atoms with Crippen molar-refractivity contribution >= 4 is 33.8 Å². The van der Waals surface area contributed by atoms with Gasteiger partial charge in [0.2, 0.25) is 15.9 Å². The zero-order valence-corrected chi connectivity index (χ0v) is 18.0. The van der Waals surface area contributed by atoms with Gasteiger partial charge in [0, 0.05) is 32.1 Å². The van der Waals surface area contributed by atoms with E-state index in [9.17, 15) is 13.2 Å². The zero-order valence-electron chi connectivity index (χ0n) is 17.2. The zero-order chi connectivity index (χ0) is 21.3. The van der Waals surface area contributed by atoms with E-state index in [4.69, 9.17) is 4.52 Å². The molecule has 1 saturated carbocycles. The molecule has 0 unspecified atom stereocenters. The summed E-state index contributed by atoms with van der Waals surface area (Å²) in [7, 11) is -1.49. The van der Waals surface area contributed by atoms with Gasteiger partial charge in [-0.15, -0.1) is 0 Å². The van der Waals surface area contributed by atoms with Gasteiger partial charge in [0.05, 0.1) is 4.90 Å². The summed E-state index contributed by atoms with van der Waals surface area (Å²) in [6.07, 6.45) is 5.38. The summed E-state index contributed by atoms with van der Waals surface area (Å²) in [6, 6.07) is 6.75. The number of amides is 1. The Hall–Kier alpha value is -2.49. The molecule has 1 aliphatic heterocycles. The Balaban J connectivity index is 1.46. The van der Waals surface area contributed by atoms with E-state index in [1.165, 1.54) is 4.31 Å². The highest BCUT2D eigenvalue weighted by Crippen LogP contribution is 2.32. The summed E-state index contributed by atoms with van der Waals surface area (Å²) in [5.41, 5.74) is 2.02. The molecule has 4 rings (SSSR count). The monoisotopic (exact) mass is 430 g/mol. The second-order valence-electron chi connectivity index (χ2n) is 7.88. The third-order valence-electron chi connectivity index (χ3n) is 5.49. The maximum absolute atomic E-state index is 12.8. The molecule has 1 N–H and O–H groups in total. The summed E-state index contributed by atoms with van der Waals surface area (Å²) >= 11 is 0. The van der Waals surface area contributed by atoms with E-state index in [-0.39, 0.29) is 16.7 Å². The lowest BCUT2D eigenvalue weighted by Crippen LogP contribution is -2.46. The SMILES string of the molecule is Cc1noc(C=Cc2ccc(S(=O)(=O)N3CCN(C)CC3)cc2)c1NC(=O)C1CC1. The van der Waals surface area contributed by atoms with E-state index in [1.807, 2.05) is 7.05 Å². The van der Waals surface area contributed by atoms with Gasteiger partial charge in [-0.05, 0) is 50.6 Å². The highest BCUT2D eigenvalue weighted by atomic mass is 32.2. The number of likely N-dealkylation sites (N-methyl/N-ethyl adjacent to an activating group) is 1. The van der Waals surface area contributed by atoms with Gasteiger partial charge in [-0.1, -0.05) is 23.4 Å². The van der Waals surface area contributed by atoms with Crippen molar-refractivity contribution < 1.29 is 17.7 Å². The number of piperazine rings is 1. The molecule has 1 aliphatic carbocycles. The first-order valence-corrected chi connectivity index (χ1v) is 11.5. The maximum Gasteiger partial charge on any atom is 0.243 e. The van der Waals surface area contributed by atoms with Crippen LogP contribution in [-0.2, 0) is 14.8 Å². The number of rotatable bonds is 6. The molecule has 1 amide bonds. The van der Waals surface area contributed by atoms with Crippen molar-refractivity contribution in [2.24, 2.45) is 5.92 Å². The molecule has 0 atom stereocenters. The fourth-order valence-electron chi connectivity index (χ4n) is 3.32. The van der Waals surface area contributed by atoms with Crippen LogP contribution in [-0.4, -0.2) is 61.9 Å². The third kappa shape index (κ3) is 4.48. The average Bonchev–Trinajstić information content (AvgIpc) is 3.53. The van der Waals surface area contributed by atoms with Gasteiger partial charge in [0.1, 0.15) is 11.4 Å². The van der Waals surface area contributed by atoms with Crippen molar-refractivity contribution in [3.8, 4) is 0 Å². The van der Waals surface area contributed by atoms with Gasteiger partial charge < -0.3 is 14.7 Å². The molecule has 2 fully saturated rings. The van der Waals surface area contributed by atoms with E-state index in [0.29, 0.717) is 30.2 Å². The molecule has 0 bridgehead atoms. The lowest BCUT2D eigenvalue weighted by Gasteiger charge is -2.31. The number of nitrogens with zero attached hydrogens (tertiary/aromatic N) is 3. The number of carbonyl (C=O) groups excluding carboxylic acids is 1. The van der Waals surface area contributed by atoms with Gasteiger partial charge in [-0.3, -0.25) is 4.79 Å². The van der Waals surface area contributed by atoms with Crippen molar-refractivity contribution in [1.82, 2.24) is 14.4 Å². The predicted molar refractivity (Wildman–Crippen MR) is 114 cm³/mol. The van der Waals surface area contributed by atoms with Crippen LogP contribution >= 0.6 is 0 Å². The number of hydrogen-bond acceptors (Lipinski definition) is 6. The fourth-order valence-corrected chi connectivity index (χ4v) is 4.75. The highest BCUT2D eigenvalue weighted by molar-refractivity contribution is 7.89. The molecule has 1 aromatic carbocycles. The molecular formula is C21H26N4O4S.